The summed E-state index contributed by atoms with van der Waals surface area (Å²) in [6.45, 7) is 0. The first kappa shape index (κ1) is 29.4. The monoisotopic (exact) mass is 637 g/mol. The lowest BCUT2D eigenvalue weighted by Gasteiger charge is -2.12. The van der Waals surface area contributed by atoms with Gasteiger partial charge in [0.05, 0.1) is 16.9 Å². The van der Waals surface area contributed by atoms with Gasteiger partial charge in [-0.05, 0) is 56.8 Å². The second-order valence-electron chi connectivity index (χ2n) is 12.5. The molecule has 0 unspecified atom stereocenters. The lowest BCUT2D eigenvalue weighted by Crippen LogP contribution is -1.96. The smallest absolute Gasteiger partial charge is 0.160 e. The molecule has 0 atom stereocenters. The average Bonchev–Trinajstić information content (AvgIpc) is 3.21. The number of nitrogens with zero attached hydrogens (tertiary/aromatic N) is 3. The maximum Gasteiger partial charge on any atom is 0.160 e. The van der Waals surface area contributed by atoms with Gasteiger partial charge in [0.1, 0.15) is 0 Å². The Morgan fingerprint density at radius 2 is 0.860 bits per heavy atom. The summed E-state index contributed by atoms with van der Waals surface area (Å²) in [5.74, 6) is 0.710. The van der Waals surface area contributed by atoms with Gasteiger partial charge in [-0.3, -0.25) is 4.98 Å². The van der Waals surface area contributed by atoms with E-state index < -0.39 is 0 Å². The number of para-hydroxylation sites is 1. The first-order valence-electron chi connectivity index (χ1n) is 16.8. The van der Waals surface area contributed by atoms with Gasteiger partial charge >= 0.3 is 0 Å². The first-order chi connectivity index (χ1) is 24.8. The molecule has 2 heterocycles. The number of hydrogen-bond acceptors (Lipinski definition) is 3. The largest absolute Gasteiger partial charge is 0.256 e. The number of fused-ring (bicyclic) bond motifs is 2. The molecule has 3 nitrogen and oxygen atoms in total. The van der Waals surface area contributed by atoms with Crippen molar-refractivity contribution in [3.63, 3.8) is 0 Å². The third kappa shape index (κ3) is 5.61. The van der Waals surface area contributed by atoms with Crippen LogP contribution in [0.25, 0.3) is 89.0 Å². The molecule has 0 aliphatic carbocycles. The molecular formula is C47H31N3. The van der Waals surface area contributed by atoms with Gasteiger partial charge in [0.15, 0.2) is 5.82 Å². The number of aromatic nitrogens is 3. The van der Waals surface area contributed by atoms with Gasteiger partial charge < -0.3 is 0 Å². The first-order valence-corrected chi connectivity index (χ1v) is 16.8. The fraction of sp³-hybridized carbons (Fsp3) is 0. The van der Waals surface area contributed by atoms with Crippen molar-refractivity contribution in [1.82, 2.24) is 15.0 Å². The van der Waals surface area contributed by atoms with Crippen LogP contribution in [0.2, 0.25) is 0 Å². The van der Waals surface area contributed by atoms with Crippen LogP contribution in [0.1, 0.15) is 0 Å². The minimum Gasteiger partial charge on any atom is -0.256 e. The number of pyridine rings is 1. The van der Waals surface area contributed by atoms with Crippen molar-refractivity contribution in [1.29, 1.82) is 0 Å². The van der Waals surface area contributed by atoms with Crippen LogP contribution in [0.3, 0.4) is 0 Å². The highest BCUT2D eigenvalue weighted by Gasteiger charge is 2.12. The Bertz CT molecular complexity index is 2550. The highest BCUT2D eigenvalue weighted by Crippen LogP contribution is 2.35. The van der Waals surface area contributed by atoms with Crippen molar-refractivity contribution < 1.29 is 0 Å². The summed E-state index contributed by atoms with van der Waals surface area (Å²) in [5.41, 5.74) is 13.0. The van der Waals surface area contributed by atoms with Gasteiger partial charge in [0.2, 0.25) is 0 Å². The van der Waals surface area contributed by atoms with Gasteiger partial charge in [-0.2, -0.15) is 0 Å². The van der Waals surface area contributed by atoms with Crippen LogP contribution in [0.15, 0.2) is 188 Å². The Hall–Kier alpha value is -6.71. The van der Waals surface area contributed by atoms with Crippen LogP contribution in [0.4, 0.5) is 0 Å². The van der Waals surface area contributed by atoms with Crippen LogP contribution in [-0.4, -0.2) is 15.0 Å². The van der Waals surface area contributed by atoms with E-state index in [1.807, 2.05) is 48.7 Å². The molecule has 0 bridgehead atoms. The molecule has 0 fully saturated rings. The highest BCUT2D eigenvalue weighted by molar-refractivity contribution is 5.99. The quantitative estimate of drug-likeness (QED) is 0.182. The van der Waals surface area contributed by atoms with E-state index in [-0.39, 0.29) is 0 Å². The normalized spacial score (nSPS) is 11.2. The van der Waals surface area contributed by atoms with Crippen molar-refractivity contribution in [3.8, 4) is 67.3 Å². The third-order valence-electron chi connectivity index (χ3n) is 9.36. The summed E-state index contributed by atoms with van der Waals surface area (Å²) in [4.78, 5) is 14.7. The van der Waals surface area contributed by atoms with Crippen LogP contribution < -0.4 is 0 Å². The Morgan fingerprint density at radius 1 is 0.320 bits per heavy atom. The van der Waals surface area contributed by atoms with Crippen LogP contribution in [0.5, 0.6) is 0 Å². The molecule has 3 heteroatoms. The summed E-state index contributed by atoms with van der Waals surface area (Å²) in [6.07, 6.45) is 1.86. The minimum absolute atomic E-state index is 0.710. The molecule has 0 spiro atoms. The van der Waals surface area contributed by atoms with Gasteiger partial charge in [-0.25, -0.2) is 9.97 Å². The Morgan fingerprint density at radius 3 is 1.54 bits per heavy atom. The lowest BCUT2D eigenvalue weighted by molar-refractivity contribution is 1.18. The molecular weight excluding hydrogens is 607 g/mol. The fourth-order valence-corrected chi connectivity index (χ4v) is 6.78. The summed E-state index contributed by atoms with van der Waals surface area (Å²) in [6, 6.07) is 63.8. The zero-order valence-electron chi connectivity index (χ0n) is 27.2. The van der Waals surface area contributed by atoms with Gasteiger partial charge in [-0.1, -0.05) is 164 Å². The van der Waals surface area contributed by atoms with Crippen LogP contribution in [0, 0.1) is 0 Å². The predicted octanol–water partition coefficient (Wildman–Crippen LogP) is 12.2. The SMILES string of the molecule is c1ccc(-c2cc(-c3ccccc3)nc(-c3ccc(-c4cccc5cc(-c6ccc(-c7cccc8cccnc78)cc6)ccc45)cc3)n2)cc1. The molecule has 0 aliphatic rings. The van der Waals surface area contributed by atoms with E-state index in [0.29, 0.717) is 5.82 Å². The van der Waals surface area contributed by atoms with Crippen molar-refractivity contribution in [2.24, 2.45) is 0 Å². The molecule has 0 aliphatic heterocycles. The van der Waals surface area contributed by atoms with Crippen molar-refractivity contribution in [3.05, 3.63) is 188 Å². The van der Waals surface area contributed by atoms with Gasteiger partial charge in [0, 0.05) is 33.8 Å². The summed E-state index contributed by atoms with van der Waals surface area (Å²) in [7, 11) is 0. The van der Waals surface area contributed by atoms with Crippen molar-refractivity contribution >= 4 is 21.7 Å². The topological polar surface area (TPSA) is 38.7 Å². The molecule has 0 amide bonds. The molecule has 234 valence electrons. The van der Waals surface area contributed by atoms with Crippen molar-refractivity contribution in [2.45, 2.75) is 0 Å². The summed E-state index contributed by atoms with van der Waals surface area (Å²) < 4.78 is 0. The Labute approximate surface area is 291 Å². The molecule has 0 N–H and O–H groups in total. The van der Waals surface area contributed by atoms with E-state index in [4.69, 9.17) is 9.97 Å². The third-order valence-corrected chi connectivity index (χ3v) is 9.36. The standard InChI is InChI=1S/C47H31N3/c1-3-10-35(11-4-1)44-31-45(36-12-5-2-6-13-36)50-47(49-44)38-25-23-33(24-26-38)41-17-8-15-40-30-39(27-28-42(40)41)32-19-21-34(22-20-32)43-18-7-14-37-16-9-29-48-46(37)43/h1-31H. The predicted molar refractivity (Wildman–Crippen MR) is 207 cm³/mol. The number of hydrogen-bond donors (Lipinski definition) is 0. The van der Waals surface area contributed by atoms with Crippen molar-refractivity contribution in [2.75, 3.05) is 0 Å². The summed E-state index contributed by atoms with van der Waals surface area (Å²) in [5, 5.41) is 3.57. The second kappa shape index (κ2) is 12.7. The molecule has 9 aromatic rings. The average molecular weight is 638 g/mol. The van der Waals surface area contributed by atoms with Gasteiger partial charge in [0.25, 0.3) is 0 Å². The van der Waals surface area contributed by atoms with E-state index in [2.05, 4.69) is 145 Å². The minimum atomic E-state index is 0.710. The van der Waals surface area contributed by atoms with Gasteiger partial charge in [-0.15, -0.1) is 0 Å². The summed E-state index contributed by atoms with van der Waals surface area (Å²) >= 11 is 0. The molecule has 9 rings (SSSR count). The van der Waals surface area contributed by atoms with E-state index in [1.54, 1.807) is 0 Å². The molecule has 2 aromatic heterocycles. The number of rotatable bonds is 6. The molecule has 0 saturated heterocycles. The molecule has 0 radical (unpaired) electrons. The molecule has 50 heavy (non-hydrogen) atoms. The maximum atomic E-state index is 5.01. The van der Waals surface area contributed by atoms with E-state index >= 15 is 0 Å². The lowest BCUT2D eigenvalue weighted by atomic mass is 9.94. The highest BCUT2D eigenvalue weighted by atomic mass is 14.9. The van der Waals surface area contributed by atoms with E-state index in [9.17, 15) is 0 Å². The molecule has 7 aromatic carbocycles. The van der Waals surface area contributed by atoms with Crippen LogP contribution >= 0.6 is 0 Å². The Balaban J connectivity index is 1.03. The fourth-order valence-electron chi connectivity index (χ4n) is 6.78. The maximum absolute atomic E-state index is 5.01. The van der Waals surface area contributed by atoms with E-state index in [0.717, 1.165) is 55.7 Å². The Kier molecular flexibility index (Phi) is 7.49. The molecule has 0 saturated carbocycles. The zero-order valence-corrected chi connectivity index (χ0v) is 27.2. The second-order valence-corrected chi connectivity index (χ2v) is 12.5. The van der Waals surface area contributed by atoms with E-state index in [1.165, 1.54) is 27.5 Å². The van der Waals surface area contributed by atoms with Crippen LogP contribution in [-0.2, 0) is 0 Å². The zero-order chi connectivity index (χ0) is 33.3. The number of benzene rings is 7.